The van der Waals surface area contributed by atoms with Crippen LogP contribution in [0.1, 0.15) is 49.1 Å². The third kappa shape index (κ3) is 8.81. The van der Waals surface area contributed by atoms with E-state index in [0.29, 0.717) is 17.0 Å². The minimum atomic E-state index is -1.11. The Morgan fingerprint density at radius 2 is 1.60 bits per heavy atom. The number of alkyl carbamates (subject to hydrolysis) is 1. The molecule has 2 unspecified atom stereocenters. The largest absolute Gasteiger partial charge is 0.497 e. The number of benzene rings is 3. The smallest absolute Gasteiger partial charge is 0.408 e. The first-order valence-electron chi connectivity index (χ1n) is 13.9. The lowest BCUT2D eigenvalue weighted by molar-refractivity contribution is -0.141. The molecule has 3 amide bonds. The molecule has 0 radical (unpaired) electrons. The molecule has 0 saturated carbocycles. The highest BCUT2D eigenvalue weighted by molar-refractivity contribution is 5.99. The van der Waals surface area contributed by atoms with Gasteiger partial charge in [-0.25, -0.2) is 4.79 Å². The van der Waals surface area contributed by atoms with Crippen molar-refractivity contribution < 1.29 is 29.0 Å². The minimum Gasteiger partial charge on any atom is -0.497 e. The highest BCUT2D eigenvalue weighted by Gasteiger charge is 2.37. The molecule has 3 rings (SSSR count). The number of carbonyl (C=O) groups is 3. The molecule has 0 aliphatic carbocycles. The Labute approximate surface area is 247 Å². The van der Waals surface area contributed by atoms with Crippen molar-refractivity contribution in [3.63, 3.8) is 0 Å². The highest BCUT2D eigenvalue weighted by atomic mass is 16.6. The van der Waals surface area contributed by atoms with Crippen molar-refractivity contribution in [2.75, 3.05) is 25.6 Å². The summed E-state index contributed by atoms with van der Waals surface area (Å²) in [5.74, 6) is -0.367. The number of nitrogens with one attached hydrogen (secondary N) is 2. The minimum absolute atomic E-state index is 0.145. The second-order valence-electron chi connectivity index (χ2n) is 11.1. The summed E-state index contributed by atoms with van der Waals surface area (Å²) in [6, 6.07) is 19.5. The molecule has 0 fully saturated rings. The molecule has 3 aromatic rings. The fourth-order valence-corrected chi connectivity index (χ4v) is 4.58. The van der Waals surface area contributed by atoms with Crippen LogP contribution in [0, 0.1) is 13.8 Å². The van der Waals surface area contributed by atoms with Crippen molar-refractivity contribution in [3.8, 4) is 5.75 Å². The predicted octanol–water partition coefficient (Wildman–Crippen LogP) is 4.95. The maximum Gasteiger partial charge on any atom is 0.408 e. The lowest BCUT2D eigenvalue weighted by Crippen LogP contribution is -2.54. The average molecular weight is 576 g/mol. The van der Waals surface area contributed by atoms with E-state index < -0.39 is 42.2 Å². The zero-order valence-electron chi connectivity index (χ0n) is 25.1. The van der Waals surface area contributed by atoms with Crippen LogP contribution in [0.5, 0.6) is 5.75 Å². The number of methoxy groups -OCH3 is 1. The van der Waals surface area contributed by atoms with Gasteiger partial charge in [0.15, 0.2) is 0 Å². The van der Waals surface area contributed by atoms with Crippen LogP contribution < -0.4 is 15.4 Å². The zero-order valence-corrected chi connectivity index (χ0v) is 25.1. The Balaban J connectivity index is 2.06. The van der Waals surface area contributed by atoms with Gasteiger partial charge in [-0.05, 0) is 81.1 Å². The molecule has 0 aliphatic heterocycles. The fraction of sp³-hybridized carbons (Fsp3) is 0.364. The lowest BCUT2D eigenvalue weighted by atomic mass is 9.94. The second-order valence-corrected chi connectivity index (χ2v) is 11.1. The van der Waals surface area contributed by atoms with E-state index in [2.05, 4.69) is 10.6 Å². The topological polar surface area (TPSA) is 117 Å². The highest BCUT2D eigenvalue weighted by Crippen LogP contribution is 2.29. The molecule has 9 heteroatoms. The maximum atomic E-state index is 14.3. The number of ether oxygens (including phenoxy) is 2. The molecule has 9 nitrogen and oxygen atoms in total. The van der Waals surface area contributed by atoms with Crippen LogP contribution >= 0.6 is 0 Å². The van der Waals surface area contributed by atoms with Crippen LogP contribution in [0.15, 0.2) is 72.8 Å². The van der Waals surface area contributed by atoms with Gasteiger partial charge in [-0.1, -0.05) is 48.5 Å². The number of carbonyl (C=O) groups excluding carboxylic acids is 3. The van der Waals surface area contributed by atoms with Crippen molar-refractivity contribution in [3.05, 3.63) is 95.1 Å². The first-order valence-corrected chi connectivity index (χ1v) is 13.9. The van der Waals surface area contributed by atoms with E-state index in [0.717, 1.165) is 16.7 Å². The molecule has 0 saturated heterocycles. The number of hydrogen-bond acceptors (Lipinski definition) is 6. The summed E-state index contributed by atoms with van der Waals surface area (Å²) in [4.78, 5) is 42.5. The van der Waals surface area contributed by atoms with E-state index in [1.807, 2.05) is 56.3 Å². The fourth-order valence-electron chi connectivity index (χ4n) is 4.58. The number of aliphatic hydroxyl groups excluding tert-OH is 1. The van der Waals surface area contributed by atoms with Crippen LogP contribution in [0.25, 0.3) is 0 Å². The van der Waals surface area contributed by atoms with E-state index in [1.165, 1.54) is 4.90 Å². The molecular weight excluding hydrogens is 534 g/mol. The Bertz CT molecular complexity index is 1350. The third-order valence-corrected chi connectivity index (χ3v) is 6.75. The van der Waals surface area contributed by atoms with E-state index in [9.17, 15) is 19.5 Å². The Morgan fingerprint density at radius 3 is 2.19 bits per heavy atom. The van der Waals surface area contributed by atoms with Crippen LogP contribution in [-0.2, 0) is 20.7 Å². The van der Waals surface area contributed by atoms with Crippen molar-refractivity contribution in [1.29, 1.82) is 0 Å². The number of hydrogen-bond donors (Lipinski definition) is 3. The van der Waals surface area contributed by atoms with Gasteiger partial charge in [-0.3, -0.25) is 9.59 Å². The molecule has 2 atom stereocenters. The monoisotopic (exact) mass is 575 g/mol. The molecular formula is C33H41N3O6. The Hall–Kier alpha value is -4.37. The normalized spacial score (nSPS) is 12.5. The third-order valence-electron chi connectivity index (χ3n) is 6.75. The molecule has 0 bridgehead atoms. The van der Waals surface area contributed by atoms with Gasteiger partial charge < -0.3 is 30.1 Å². The average Bonchev–Trinajstić information content (AvgIpc) is 2.94. The van der Waals surface area contributed by atoms with Crippen LogP contribution in [0.2, 0.25) is 0 Å². The molecule has 224 valence electrons. The van der Waals surface area contributed by atoms with Gasteiger partial charge in [-0.15, -0.1) is 0 Å². The van der Waals surface area contributed by atoms with Crippen LogP contribution in [0.3, 0.4) is 0 Å². The number of amides is 3. The molecule has 0 aromatic heterocycles. The SMILES string of the molecule is COc1ccc(NC(=O)C(c2cccc(C)c2C)N(CCO)C(=O)C(Cc2ccccc2)NC(=O)OC(C)(C)C)cc1. The van der Waals surface area contributed by atoms with Gasteiger partial charge >= 0.3 is 6.09 Å². The zero-order chi connectivity index (χ0) is 30.9. The predicted molar refractivity (Wildman–Crippen MR) is 162 cm³/mol. The van der Waals surface area contributed by atoms with Gasteiger partial charge in [0, 0.05) is 18.7 Å². The van der Waals surface area contributed by atoms with E-state index >= 15 is 0 Å². The van der Waals surface area contributed by atoms with Gasteiger partial charge in [0.25, 0.3) is 5.91 Å². The Morgan fingerprint density at radius 1 is 0.929 bits per heavy atom. The number of rotatable bonds is 11. The van der Waals surface area contributed by atoms with Crippen LogP contribution in [0.4, 0.5) is 10.5 Å². The van der Waals surface area contributed by atoms with Gasteiger partial charge in [0.05, 0.1) is 13.7 Å². The summed E-state index contributed by atoms with van der Waals surface area (Å²) in [5.41, 5.74) is 2.93. The van der Waals surface area contributed by atoms with E-state index in [-0.39, 0.29) is 13.0 Å². The quantitative estimate of drug-likeness (QED) is 0.298. The van der Waals surface area contributed by atoms with Crippen molar-refractivity contribution in [1.82, 2.24) is 10.2 Å². The summed E-state index contributed by atoms with van der Waals surface area (Å²) in [6.07, 6.45) is -0.604. The van der Waals surface area contributed by atoms with Crippen molar-refractivity contribution >= 4 is 23.6 Å². The number of anilines is 1. The summed E-state index contributed by atoms with van der Waals surface area (Å²) in [5, 5.41) is 15.7. The number of aliphatic hydroxyl groups is 1. The maximum absolute atomic E-state index is 14.3. The molecule has 3 N–H and O–H groups in total. The van der Waals surface area contributed by atoms with Crippen LogP contribution in [-0.4, -0.2) is 59.8 Å². The molecule has 0 spiro atoms. The molecule has 3 aromatic carbocycles. The summed E-state index contributed by atoms with van der Waals surface area (Å²) < 4.78 is 10.7. The van der Waals surface area contributed by atoms with E-state index in [1.54, 1.807) is 58.2 Å². The lowest BCUT2D eigenvalue weighted by Gasteiger charge is -2.35. The summed E-state index contributed by atoms with van der Waals surface area (Å²) in [6.45, 7) is 8.48. The van der Waals surface area contributed by atoms with E-state index in [4.69, 9.17) is 9.47 Å². The molecule has 0 heterocycles. The summed E-state index contributed by atoms with van der Waals surface area (Å²) >= 11 is 0. The standard InChI is InChI=1S/C33H41N3O6/c1-22-11-10-14-27(23(22)2)29(30(38)34-25-15-17-26(41-6)18-16-25)36(19-20-37)31(39)28(21-24-12-8-7-9-13-24)35-32(40)42-33(3,4)5/h7-18,28-29,37H,19-21H2,1-6H3,(H,34,38)(H,35,40). The van der Waals surface area contributed by atoms with Gasteiger partial charge in [-0.2, -0.15) is 0 Å². The second kappa shape index (κ2) is 14.5. The van der Waals surface area contributed by atoms with Crippen molar-refractivity contribution in [2.24, 2.45) is 0 Å². The van der Waals surface area contributed by atoms with Crippen molar-refractivity contribution in [2.45, 2.75) is 58.7 Å². The number of aryl methyl sites for hydroxylation is 1. The first kappa shape index (κ1) is 32.1. The molecule has 42 heavy (non-hydrogen) atoms. The van der Waals surface area contributed by atoms with Gasteiger partial charge in [0.1, 0.15) is 23.4 Å². The van der Waals surface area contributed by atoms with Gasteiger partial charge in [0.2, 0.25) is 5.91 Å². The Kier molecular flexibility index (Phi) is 11.1. The number of nitrogens with zero attached hydrogens (tertiary/aromatic N) is 1. The molecule has 0 aliphatic rings. The first-order chi connectivity index (χ1) is 19.9. The summed E-state index contributed by atoms with van der Waals surface area (Å²) in [7, 11) is 1.56.